The number of hydrogen-bond acceptors (Lipinski definition) is 5. The normalized spacial score (nSPS) is 18.0. The van der Waals surface area contributed by atoms with E-state index in [0.717, 1.165) is 54.8 Å². The molecule has 0 atom stereocenters. The smallest absolute Gasteiger partial charge is 0.224 e. The van der Waals surface area contributed by atoms with E-state index in [4.69, 9.17) is 9.72 Å². The molecule has 6 heteroatoms. The van der Waals surface area contributed by atoms with Gasteiger partial charge in [-0.1, -0.05) is 6.07 Å². The predicted octanol–water partition coefficient (Wildman–Crippen LogP) is 2.53. The first-order chi connectivity index (χ1) is 10.8. The maximum Gasteiger partial charge on any atom is 0.224 e. The number of anilines is 2. The molecule has 0 spiro atoms. The van der Waals surface area contributed by atoms with E-state index in [1.165, 1.54) is 5.56 Å². The Morgan fingerprint density at radius 3 is 2.95 bits per heavy atom. The molecule has 3 heterocycles. The highest BCUT2D eigenvalue weighted by Gasteiger charge is 2.18. The topological polar surface area (TPSA) is 54.5 Å². The van der Waals surface area contributed by atoms with Gasteiger partial charge in [-0.2, -0.15) is 0 Å². The number of rotatable bonds is 2. The van der Waals surface area contributed by atoms with Gasteiger partial charge in [0.05, 0.1) is 18.9 Å². The Balaban J connectivity index is 1.59. The van der Waals surface area contributed by atoms with Crippen molar-refractivity contribution in [3.05, 3.63) is 29.1 Å². The van der Waals surface area contributed by atoms with Gasteiger partial charge in [-0.05, 0) is 24.1 Å². The van der Waals surface area contributed by atoms with Gasteiger partial charge >= 0.3 is 0 Å². The molecular formula is C16H17N3O2S. The van der Waals surface area contributed by atoms with Crippen LogP contribution in [0.4, 0.5) is 10.8 Å². The van der Waals surface area contributed by atoms with Crippen LogP contribution in [0.5, 0.6) is 0 Å². The fourth-order valence-corrected chi connectivity index (χ4v) is 3.73. The highest BCUT2D eigenvalue weighted by Crippen LogP contribution is 2.31. The van der Waals surface area contributed by atoms with Gasteiger partial charge in [0.15, 0.2) is 5.13 Å². The largest absolute Gasteiger partial charge is 0.378 e. The van der Waals surface area contributed by atoms with Gasteiger partial charge in [0.25, 0.3) is 0 Å². The Kier molecular flexibility index (Phi) is 3.56. The molecule has 22 heavy (non-hydrogen) atoms. The van der Waals surface area contributed by atoms with E-state index in [1.54, 1.807) is 11.3 Å². The number of thiazole rings is 1. The standard InChI is InChI=1S/C16H17N3O2S/c20-15-4-2-11-9-12(1-3-13(11)17-15)14-10-22-16(18-14)19-5-7-21-8-6-19/h1,3,9-10H,2,4-8H2,(H,17,20). The Hall–Kier alpha value is -1.92. The molecule has 1 amide bonds. The van der Waals surface area contributed by atoms with Gasteiger partial charge < -0.3 is 15.0 Å². The molecular weight excluding hydrogens is 298 g/mol. The predicted molar refractivity (Wildman–Crippen MR) is 87.5 cm³/mol. The van der Waals surface area contributed by atoms with Crippen molar-refractivity contribution in [1.29, 1.82) is 0 Å². The number of carbonyl (C=O) groups is 1. The molecule has 0 unspecified atom stereocenters. The van der Waals surface area contributed by atoms with Crippen molar-refractivity contribution >= 4 is 28.1 Å². The van der Waals surface area contributed by atoms with Crippen molar-refractivity contribution in [3.8, 4) is 11.3 Å². The second kappa shape index (κ2) is 5.70. The first-order valence-corrected chi connectivity index (χ1v) is 8.39. The molecule has 1 aromatic heterocycles. The third-order valence-corrected chi connectivity index (χ3v) is 4.97. The van der Waals surface area contributed by atoms with Crippen LogP contribution >= 0.6 is 11.3 Å². The second-order valence-corrected chi connectivity index (χ2v) is 6.37. The van der Waals surface area contributed by atoms with Crippen LogP contribution in [0, 0.1) is 0 Å². The van der Waals surface area contributed by atoms with Gasteiger partial charge in [-0.15, -0.1) is 11.3 Å². The average Bonchev–Trinajstić information content (AvgIpc) is 3.05. The van der Waals surface area contributed by atoms with Crippen molar-refractivity contribution in [2.45, 2.75) is 12.8 Å². The molecule has 114 valence electrons. The zero-order valence-corrected chi connectivity index (χ0v) is 13.0. The fraction of sp³-hybridized carbons (Fsp3) is 0.375. The summed E-state index contributed by atoms with van der Waals surface area (Å²) in [5, 5.41) is 6.08. The monoisotopic (exact) mass is 315 g/mol. The minimum absolute atomic E-state index is 0.100. The van der Waals surface area contributed by atoms with Crippen molar-refractivity contribution in [1.82, 2.24) is 4.98 Å². The summed E-state index contributed by atoms with van der Waals surface area (Å²) < 4.78 is 5.38. The maximum atomic E-state index is 11.4. The van der Waals surface area contributed by atoms with Crippen molar-refractivity contribution in [2.75, 3.05) is 36.5 Å². The summed E-state index contributed by atoms with van der Waals surface area (Å²) in [6.07, 6.45) is 1.36. The van der Waals surface area contributed by atoms with Gasteiger partial charge in [0.1, 0.15) is 0 Å². The highest BCUT2D eigenvalue weighted by molar-refractivity contribution is 7.14. The number of ether oxygens (including phenoxy) is 1. The number of aryl methyl sites for hydroxylation is 1. The molecule has 0 saturated carbocycles. The van der Waals surface area contributed by atoms with Crippen LogP contribution in [0.2, 0.25) is 0 Å². The van der Waals surface area contributed by atoms with E-state index in [2.05, 4.69) is 21.7 Å². The first kappa shape index (κ1) is 13.7. The van der Waals surface area contributed by atoms with E-state index >= 15 is 0 Å². The van der Waals surface area contributed by atoms with Crippen molar-refractivity contribution in [3.63, 3.8) is 0 Å². The van der Waals surface area contributed by atoms with Gasteiger partial charge in [0, 0.05) is 36.1 Å². The Bertz CT molecular complexity index is 707. The molecule has 2 aliphatic heterocycles. The quantitative estimate of drug-likeness (QED) is 0.925. The molecule has 0 aliphatic carbocycles. The second-order valence-electron chi connectivity index (χ2n) is 5.53. The lowest BCUT2D eigenvalue weighted by Crippen LogP contribution is -2.36. The van der Waals surface area contributed by atoms with Crippen LogP contribution < -0.4 is 10.2 Å². The number of amides is 1. The van der Waals surface area contributed by atoms with Gasteiger partial charge in [-0.25, -0.2) is 4.98 Å². The first-order valence-electron chi connectivity index (χ1n) is 7.51. The molecule has 2 aliphatic rings. The van der Waals surface area contributed by atoms with Gasteiger partial charge in [-0.3, -0.25) is 4.79 Å². The molecule has 4 rings (SSSR count). The minimum atomic E-state index is 0.100. The average molecular weight is 315 g/mol. The third kappa shape index (κ3) is 2.60. The van der Waals surface area contributed by atoms with E-state index in [1.807, 2.05) is 12.1 Å². The summed E-state index contributed by atoms with van der Waals surface area (Å²) in [6, 6.07) is 6.16. The SMILES string of the molecule is O=C1CCc2cc(-c3csc(N4CCOCC4)n3)ccc2N1. The third-order valence-electron chi connectivity index (χ3n) is 4.07. The van der Waals surface area contributed by atoms with Crippen LogP contribution in [-0.4, -0.2) is 37.2 Å². The minimum Gasteiger partial charge on any atom is -0.378 e. The lowest BCUT2D eigenvalue weighted by molar-refractivity contribution is -0.116. The zero-order valence-electron chi connectivity index (χ0n) is 12.2. The summed E-state index contributed by atoms with van der Waals surface area (Å²) >= 11 is 1.68. The summed E-state index contributed by atoms with van der Waals surface area (Å²) in [4.78, 5) is 18.5. The molecule has 2 aromatic rings. The maximum absolute atomic E-state index is 11.4. The summed E-state index contributed by atoms with van der Waals surface area (Å²) in [7, 11) is 0. The number of carbonyl (C=O) groups excluding carboxylic acids is 1. The molecule has 0 radical (unpaired) electrons. The van der Waals surface area contributed by atoms with E-state index in [0.29, 0.717) is 6.42 Å². The van der Waals surface area contributed by atoms with E-state index < -0.39 is 0 Å². The zero-order chi connectivity index (χ0) is 14.9. The molecule has 1 fully saturated rings. The summed E-state index contributed by atoms with van der Waals surface area (Å²) in [5.41, 5.74) is 4.25. The number of fused-ring (bicyclic) bond motifs is 1. The molecule has 1 N–H and O–H groups in total. The van der Waals surface area contributed by atoms with Crippen LogP contribution in [-0.2, 0) is 16.0 Å². The Labute approximate surface area is 132 Å². The Morgan fingerprint density at radius 1 is 1.23 bits per heavy atom. The number of morpholine rings is 1. The van der Waals surface area contributed by atoms with E-state index in [-0.39, 0.29) is 5.91 Å². The number of benzene rings is 1. The summed E-state index contributed by atoms with van der Waals surface area (Å²) in [5.74, 6) is 0.100. The molecule has 1 saturated heterocycles. The molecule has 1 aromatic carbocycles. The molecule has 0 bridgehead atoms. The summed E-state index contributed by atoms with van der Waals surface area (Å²) in [6.45, 7) is 3.35. The van der Waals surface area contributed by atoms with Crippen LogP contribution in [0.15, 0.2) is 23.6 Å². The number of nitrogens with zero attached hydrogens (tertiary/aromatic N) is 2. The van der Waals surface area contributed by atoms with Crippen LogP contribution in [0.1, 0.15) is 12.0 Å². The highest BCUT2D eigenvalue weighted by atomic mass is 32.1. The number of hydrogen-bond donors (Lipinski definition) is 1. The Morgan fingerprint density at radius 2 is 2.09 bits per heavy atom. The lowest BCUT2D eigenvalue weighted by Gasteiger charge is -2.26. The fourth-order valence-electron chi connectivity index (χ4n) is 2.84. The van der Waals surface area contributed by atoms with Gasteiger partial charge in [0.2, 0.25) is 5.91 Å². The molecule has 5 nitrogen and oxygen atoms in total. The van der Waals surface area contributed by atoms with Crippen molar-refractivity contribution in [2.24, 2.45) is 0 Å². The van der Waals surface area contributed by atoms with Crippen molar-refractivity contribution < 1.29 is 9.53 Å². The van der Waals surface area contributed by atoms with Crippen LogP contribution in [0.25, 0.3) is 11.3 Å². The number of aromatic nitrogens is 1. The lowest BCUT2D eigenvalue weighted by atomic mass is 9.99. The van der Waals surface area contributed by atoms with E-state index in [9.17, 15) is 4.79 Å². The van der Waals surface area contributed by atoms with Crippen LogP contribution in [0.3, 0.4) is 0 Å². The number of nitrogens with one attached hydrogen (secondary N) is 1.